The molecule has 354 valence electrons. The summed E-state index contributed by atoms with van der Waals surface area (Å²) >= 11 is 0. The minimum absolute atomic E-state index is 0.535. The van der Waals surface area contributed by atoms with Crippen LogP contribution in [0.1, 0.15) is 11.1 Å². The molecule has 0 atom stereocenters. The predicted molar refractivity (Wildman–Crippen MR) is 309 cm³/mol. The van der Waals surface area contributed by atoms with E-state index in [1.165, 1.54) is 0 Å². The summed E-state index contributed by atoms with van der Waals surface area (Å²) in [4.78, 5) is 13.9. The van der Waals surface area contributed by atoms with Crippen LogP contribution in [-0.2, 0) is 0 Å². The van der Waals surface area contributed by atoms with Crippen LogP contribution >= 0.6 is 0 Å². The molecule has 0 radical (unpaired) electrons. The molecular weight excluding hydrogens is 923 g/mol. The Morgan fingerprint density at radius 3 is 1.08 bits per heavy atom. The van der Waals surface area contributed by atoms with Crippen molar-refractivity contribution in [2.75, 3.05) is 0 Å². The van der Waals surface area contributed by atoms with E-state index in [1.54, 1.807) is 12.4 Å². The lowest BCUT2D eigenvalue weighted by Gasteiger charge is -2.20. The van der Waals surface area contributed by atoms with Crippen molar-refractivity contribution in [1.82, 2.24) is 15.0 Å². The van der Waals surface area contributed by atoms with Gasteiger partial charge in [0.15, 0.2) is 0 Å². The summed E-state index contributed by atoms with van der Waals surface area (Å²) in [5.74, 6) is 0. The summed E-state index contributed by atoms with van der Waals surface area (Å²) in [6.45, 7) is 0. The van der Waals surface area contributed by atoms with Gasteiger partial charge in [-0.05, 0) is 151 Å². The van der Waals surface area contributed by atoms with Gasteiger partial charge in [0, 0.05) is 46.4 Å². The quantitative estimate of drug-likeness (QED) is 0.129. The van der Waals surface area contributed by atoms with Gasteiger partial charge in [-0.25, -0.2) is 0 Å². The standard InChI is InChI=1S/C71H45N5/c72-46-56-16-12-20-62(50-29-33-53(34-30-50)67-22-6-9-39-74-67)70(56)59-42-58(43-60(44-59)71-57(47-73)17-13-21-63(71)51-31-35-54(36-32-51)68-23-7-10-40-75-68)61-18-4-5-19-64(61)65-38-37-55(69-24-8-11-41-76-69)45-66(65)52-27-25-49(26-28-52)48-14-2-1-3-15-48/h1-45H. The molecule has 0 fully saturated rings. The second-order valence-corrected chi connectivity index (χ2v) is 18.5. The zero-order valence-corrected chi connectivity index (χ0v) is 41.2. The monoisotopic (exact) mass is 967 g/mol. The molecule has 0 aliphatic heterocycles. The number of hydrogen-bond acceptors (Lipinski definition) is 5. The summed E-state index contributed by atoms with van der Waals surface area (Å²) in [7, 11) is 0. The Labute approximate surface area is 442 Å². The van der Waals surface area contributed by atoms with Crippen LogP contribution in [0.3, 0.4) is 0 Å². The van der Waals surface area contributed by atoms with E-state index in [0.29, 0.717) is 11.1 Å². The van der Waals surface area contributed by atoms with Gasteiger partial charge in [0.1, 0.15) is 0 Å². The number of benzene rings is 9. The molecule has 0 aliphatic rings. The first-order valence-corrected chi connectivity index (χ1v) is 25.2. The molecule has 12 rings (SSSR count). The van der Waals surface area contributed by atoms with E-state index in [-0.39, 0.29) is 0 Å². The van der Waals surface area contributed by atoms with Crippen molar-refractivity contribution < 1.29 is 0 Å². The highest BCUT2D eigenvalue weighted by molar-refractivity contribution is 5.99. The van der Waals surface area contributed by atoms with Crippen molar-refractivity contribution in [2.24, 2.45) is 0 Å². The van der Waals surface area contributed by atoms with E-state index in [2.05, 4.69) is 192 Å². The molecule has 3 heterocycles. The molecule has 5 heteroatoms. The first kappa shape index (κ1) is 46.5. The van der Waals surface area contributed by atoms with Gasteiger partial charge in [0.05, 0.1) is 40.3 Å². The van der Waals surface area contributed by atoms with Crippen molar-refractivity contribution in [2.45, 2.75) is 0 Å². The summed E-state index contributed by atoms with van der Waals surface area (Å²) < 4.78 is 0. The Bertz CT molecular complexity index is 3960. The fourth-order valence-electron chi connectivity index (χ4n) is 10.3. The van der Waals surface area contributed by atoms with Crippen LogP contribution in [0.15, 0.2) is 273 Å². The number of rotatable bonds is 11. The highest BCUT2D eigenvalue weighted by atomic mass is 14.7. The number of aromatic nitrogens is 3. The fraction of sp³-hybridized carbons (Fsp3) is 0. The Kier molecular flexibility index (Phi) is 12.8. The van der Waals surface area contributed by atoms with Gasteiger partial charge in [-0.1, -0.05) is 182 Å². The summed E-state index contributed by atoms with van der Waals surface area (Å²) in [5, 5.41) is 22.0. The minimum atomic E-state index is 0.535. The number of nitrogens with zero attached hydrogens (tertiary/aromatic N) is 5. The Morgan fingerprint density at radius 2 is 0.592 bits per heavy atom. The van der Waals surface area contributed by atoms with Crippen LogP contribution in [0.5, 0.6) is 0 Å². The Hall–Kier alpha value is -10.6. The highest BCUT2D eigenvalue weighted by Gasteiger charge is 2.22. The molecule has 0 unspecified atom stereocenters. The van der Waals surface area contributed by atoms with E-state index in [1.807, 2.05) is 91.1 Å². The van der Waals surface area contributed by atoms with Crippen LogP contribution in [-0.4, -0.2) is 15.0 Å². The number of pyridine rings is 3. The average Bonchev–Trinajstić information content (AvgIpc) is 3.52. The lowest BCUT2D eigenvalue weighted by Crippen LogP contribution is -1.96. The van der Waals surface area contributed by atoms with Crippen molar-refractivity contribution in [3.8, 4) is 135 Å². The maximum atomic E-state index is 11.0. The van der Waals surface area contributed by atoms with Gasteiger partial charge < -0.3 is 0 Å². The molecule has 9 aromatic carbocycles. The maximum absolute atomic E-state index is 11.0. The molecule has 0 N–H and O–H groups in total. The van der Waals surface area contributed by atoms with E-state index in [9.17, 15) is 10.5 Å². The van der Waals surface area contributed by atoms with Gasteiger partial charge >= 0.3 is 0 Å². The molecule has 0 bridgehead atoms. The smallest absolute Gasteiger partial charge is 0.0998 e. The lowest BCUT2D eigenvalue weighted by atomic mass is 9.83. The van der Waals surface area contributed by atoms with Crippen molar-refractivity contribution in [1.29, 1.82) is 10.5 Å². The summed E-state index contributed by atoms with van der Waals surface area (Å²) in [5.41, 5.74) is 22.2. The third kappa shape index (κ3) is 9.25. The fourth-order valence-corrected chi connectivity index (χ4v) is 10.3. The normalized spacial score (nSPS) is 10.9. The Balaban J connectivity index is 1.08. The average molecular weight is 968 g/mol. The summed E-state index contributed by atoms with van der Waals surface area (Å²) in [6, 6.07) is 92.5. The Morgan fingerprint density at radius 1 is 0.224 bits per heavy atom. The van der Waals surface area contributed by atoms with Crippen molar-refractivity contribution >= 4 is 0 Å². The first-order chi connectivity index (χ1) is 37.6. The third-order valence-electron chi connectivity index (χ3n) is 14.0. The largest absolute Gasteiger partial charge is 0.256 e. The van der Waals surface area contributed by atoms with Gasteiger partial charge in [-0.15, -0.1) is 0 Å². The van der Waals surface area contributed by atoms with E-state index >= 15 is 0 Å². The minimum Gasteiger partial charge on any atom is -0.256 e. The maximum Gasteiger partial charge on any atom is 0.0998 e. The van der Waals surface area contributed by atoms with E-state index in [4.69, 9.17) is 4.98 Å². The van der Waals surface area contributed by atoms with Crippen LogP contribution in [0.25, 0.3) is 123 Å². The van der Waals surface area contributed by atoms with Crippen molar-refractivity contribution in [3.05, 3.63) is 285 Å². The molecule has 5 nitrogen and oxygen atoms in total. The molecule has 0 saturated heterocycles. The predicted octanol–water partition coefficient (Wildman–Crippen LogP) is 18.0. The van der Waals surface area contributed by atoms with Crippen LogP contribution < -0.4 is 0 Å². The molecule has 0 aliphatic carbocycles. The second kappa shape index (κ2) is 20.9. The molecule has 76 heavy (non-hydrogen) atoms. The van der Waals surface area contributed by atoms with Crippen LogP contribution in [0, 0.1) is 22.7 Å². The van der Waals surface area contributed by atoms with E-state index in [0.717, 1.165) is 123 Å². The highest BCUT2D eigenvalue weighted by Crippen LogP contribution is 2.46. The van der Waals surface area contributed by atoms with Gasteiger partial charge in [0.25, 0.3) is 0 Å². The second-order valence-electron chi connectivity index (χ2n) is 18.5. The third-order valence-corrected chi connectivity index (χ3v) is 14.0. The zero-order valence-electron chi connectivity index (χ0n) is 41.2. The topological polar surface area (TPSA) is 86.2 Å². The summed E-state index contributed by atoms with van der Waals surface area (Å²) in [6.07, 6.45) is 5.43. The first-order valence-electron chi connectivity index (χ1n) is 25.2. The molecular formula is C71H45N5. The molecule has 0 saturated carbocycles. The van der Waals surface area contributed by atoms with Gasteiger partial charge in [-0.3, -0.25) is 15.0 Å². The van der Waals surface area contributed by atoms with E-state index < -0.39 is 0 Å². The van der Waals surface area contributed by atoms with Crippen molar-refractivity contribution in [3.63, 3.8) is 0 Å². The van der Waals surface area contributed by atoms with Gasteiger partial charge in [0.2, 0.25) is 0 Å². The van der Waals surface area contributed by atoms with Crippen LogP contribution in [0.4, 0.5) is 0 Å². The SMILES string of the molecule is N#Cc1cccc(-c2ccc(-c3ccccn3)cc2)c1-c1cc(-c2ccccc2-c2ccc(-c3ccccn3)cc2-c2ccc(-c3ccccc3)cc2)cc(-c2c(C#N)cccc2-c2ccc(-c3ccccn3)cc2)c1. The molecule has 3 aromatic heterocycles. The number of nitriles is 2. The molecule has 12 aromatic rings. The molecule has 0 amide bonds. The lowest BCUT2D eigenvalue weighted by molar-refractivity contribution is 1.33. The van der Waals surface area contributed by atoms with Crippen LogP contribution in [0.2, 0.25) is 0 Å². The number of hydrogen-bond donors (Lipinski definition) is 0. The van der Waals surface area contributed by atoms with Gasteiger partial charge in [-0.2, -0.15) is 10.5 Å². The zero-order chi connectivity index (χ0) is 51.2. The molecule has 0 spiro atoms.